The van der Waals surface area contributed by atoms with Gasteiger partial charge >= 0.3 is 0 Å². The van der Waals surface area contributed by atoms with Crippen LogP contribution in [-0.4, -0.2) is 23.5 Å². The molecule has 9 heavy (non-hydrogen) atoms. The molecule has 0 spiro atoms. The van der Waals surface area contributed by atoms with E-state index in [4.69, 9.17) is 6.85 Å². The van der Waals surface area contributed by atoms with Crippen LogP contribution in [0.4, 0.5) is 0 Å². The molecule has 1 unspecified atom stereocenters. The van der Waals surface area contributed by atoms with Gasteiger partial charge in [0.1, 0.15) is 0 Å². The van der Waals surface area contributed by atoms with E-state index in [2.05, 4.69) is 0 Å². The lowest BCUT2D eigenvalue weighted by Crippen LogP contribution is -2.38. The van der Waals surface area contributed by atoms with Crippen molar-refractivity contribution >= 4 is 0 Å². The molecule has 1 saturated heterocycles. The van der Waals surface area contributed by atoms with Gasteiger partial charge in [0.05, 0.1) is 0 Å². The van der Waals surface area contributed by atoms with Crippen molar-refractivity contribution in [3.8, 4) is 0 Å². The van der Waals surface area contributed by atoms with Gasteiger partial charge in [-0.2, -0.15) is 0 Å². The Labute approximate surface area is 65.1 Å². The van der Waals surface area contributed by atoms with E-state index in [9.17, 15) is 0 Å². The van der Waals surface area contributed by atoms with Gasteiger partial charge in [-0.3, -0.25) is 4.90 Å². The van der Waals surface area contributed by atoms with Crippen LogP contribution in [0.5, 0.6) is 0 Å². The summed E-state index contributed by atoms with van der Waals surface area (Å²) in [7, 11) is 0. The molecule has 1 heteroatoms. The van der Waals surface area contributed by atoms with E-state index in [0.717, 1.165) is 0 Å². The molecule has 0 aromatic carbocycles. The molecular weight excluding hydrogens is 110 g/mol. The molecule has 0 amide bonds. The Balaban J connectivity index is 3.06. The maximum Gasteiger partial charge on any atom is 0.0431 e. The quantitative estimate of drug-likeness (QED) is 0.486. The molecule has 0 bridgehead atoms. The molecule has 54 valence electrons. The van der Waals surface area contributed by atoms with E-state index in [1.54, 1.807) is 20.8 Å². The molecule has 1 rings (SSSR count). The zero-order valence-corrected chi connectivity index (χ0v) is 6.23. The summed E-state index contributed by atoms with van der Waals surface area (Å²) in [5, 5.41) is 0. The van der Waals surface area contributed by atoms with Crippen molar-refractivity contribution in [1.82, 2.24) is 4.90 Å². The Bertz CT molecular complexity index is 232. The van der Waals surface area contributed by atoms with E-state index >= 15 is 0 Å². The van der Waals surface area contributed by atoms with Crippen LogP contribution in [0.15, 0.2) is 0 Å². The summed E-state index contributed by atoms with van der Waals surface area (Å²) in [5.74, 6) is 0. The summed E-state index contributed by atoms with van der Waals surface area (Å²) in [6, 6.07) is 0. The standard InChI is InChI=1S/C8H17N/c1-8(2,3)9-6-4-5-7-9/h4-7H2,1-3H3/i4D2,6D,7D2. The van der Waals surface area contributed by atoms with Crippen LogP contribution >= 0.6 is 0 Å². The molecule has 0 saturated carbocycles. The molecule has 1 aliphatic heterocycles. The molecule has 0 aromatic rings. The first-order valence-corrected chi connectivity index (χ1v) is 3.20. The van der Waals surface area contributed by atoms with Crippen LogP contribution in [-0.2, 0) is 0 Å². The second-order valence-corrected chi connectivity index (χ2v) is 3.21. The van der Waals surface area contributed by atoms with E-state index in [1.807, 2.05) is 0 Å². The summed E-state index contributed by atoms with van der Waals surface area (Å²) in [4.78, 5) is 1.31. The van der Waals surface area contributed by atoms with Gasteiger partial charge in [0, 0.05) is 12.4 Å². The summed E-state index contributed by atoms with van der Waals surface area (Å²) < 4.78 is 38.3. The van der Waals surface area contributed by atoms with Gasteiger partial charge in [0.15, 0.2) is 0 Å². The highest BCUT2D eigenvalue weighted by molar-refractivity contribution is 4.79. The minimum absolute atomic E-state index is 0.231. The van der Waals surface area contributed by atoms with E-state index in [-0.39, 0.29) is 6.42 Å². The second kappa shape index (κ2) is 2.30. The highest BCUT2D eigenvalue weighted by Gasteiger charge is 2.23. The van der Waals surface area contributed by atoms with Crippen LogP contribution in [0, 0.1) is 0 Å². The fourth-order valence-corrected chi connectivity index (χ4v) is 0.744. The molecule has 1 fully saturated rings. The number of rotatable bonds is 0. The van der Waals surface area contributed by atoms with Gasteiger partial charge in [-0.1, -0.05) is 0 Å². The lowest BCUT2D eigenvalue weighted by molar-refractivity contribution is 0.175. The Hall–Kier alpha value is -0.0400. The van der Waals surface area contributed by atoms with Crippen LogP contribution in [0.1, 0.15) is 40.4 Å². The fraction of sp³-hybridized carbons (Fsp3) is 1.00. The summed E-state index contributed by atoms with van der Waals surface area (Å²) in [6.45, 7) is 2.54. The summed E-state index contributed by atoms with van der Waals surface area (Å²) in [6.07, 6.45) is -2.00. The van der Waals surface area contributed by atoms with Gasteiger partial charge in [-0.05, 0) is 46.6 Å². The van der Waals surface area contributed by atoms with Gasteiger partial charge < -0.3 is 0 Å². The van der Waals surface area contributed by atoms with Crippen molar-refractivity contribution in [2.45, 2.75) is 39.1 Å². The predicted molar refractivity (Wildman–Crippen MR) is 40.6 cm³/mol. The monoisotopic (exact) mass is 132 g/mol. The molecule has 0 aliphatic carbocycles. The first-order valence-electron chi connectivity index (χ1n) is 5.78. The van der Waals surface area contributed by atoms with Crippen LogP contribution < -0.4 is 0 Å². The lowest BCUT2D eigenvalue weighted by Gasteiger charge is -2.31. The van der Waals surface area contributed by atoms with Gasteiger partial charge in [-0.25, -0.2) is 0 Å². The second-order valence-electron chi connectivity index (χ2n) is 3.21. The first kappa shape index (κ1) is 2.91. The SMILES string of the molecule is [2H]C1N(C(C)(C)C)C([2H])([2H])CC1([2H])[2H]. The van der Waals surface area contributed by atoms with Crippen LogP contribution in [0.25, 0.3) is 0 Å². The first-order chi connectivity index (χ1) is 5.98. The average Bonchev–Trinajstić information content (AvgIpc) is 1.93. The molecule has 0 aromatic heterocycles. The number of nitrogens with zero attached hydrogens (tertiary/aromatic N) is 1. The van der Waals surface area contributed by atoms with Crippen molar-refractivity contribution in [2.75, 3.05) is 13.0 Å². The highest BCUT2D eigenvalue weighted by atomic mass is 15.2. The normalized spacial score (nSPS) is 50.6. The van der Waals surface area contributed by atoms with E-state index < -0.39 is 24.9 Å². The Kier molecular flexibility index (Phi) is 0.743. The summed E-state index contributed by atoms with van der Waals surface area (Å²) in [5.41, 5.74) is -0.528. The smallest absolute Gasteiger partial charge is 0.0431 e. The number of hydrogen-bond acceptors (Lipinski definition) is 1. The van der Waals surface area contributed by atoms with E-state index in [0.29, 0.717) is 0 Å². The van der Waals surface area contributed by atoms with Crippen molar-refractivity contribution in [3.05, 3.63) is 0 Å². The van der Waals surface area contributed by atoms with Crippen molar-refractivity contribution in [2.24, 2.45) is 0 Å². The number of likely N-dealkylation sites (tertiary alicyclic amines) is 1. The minimum atomic E-state index is -1.77. The van der Waals surface area contributed by atoms with Crippen molar-refractivity contribution < 1.29 is 6.85 Å². The van der Waals surface area contributed by atoms with E-state index in [1.165, 1.54) is 4.90 Å². The lowest BCUT2D eigenvalue weighted by atomic mass is 10.1. The van der Waals surface area contributed by atoms with Crippen LogP contribution in [0.2, 0.25) is 0 Å². The van der Waals surface area contributed by atoms with Crippen LogP contribution in [0.3, 0.4) is 0 Å². The predicted octanol–water partition coefficient (Wildman–Crippen LogP) is 1.88. The molecule has 0 N–H and O–H groups in total. The molecule has 1 atom stereocenters. The third-order valence-corrected chi connectivity index (χ3v) is 1.29. The van der Waals surface area contributed by atoms with Crippen molar-refractivity contribution in [3.63, 3.8) is 0 Å². The summed E-state index contributed by atoms with van der Waals surface area (Å²) >= 11 is 0. The Morgan fingerprint density at radius 2 is 2.11 bits per heavy atom. The fourth-order valence-electron chi connectivity index (χ4n) is 0.744. The zero-order valence-electron chi connectivity index (χ0n) is 11.2. The molecule has 1 aliphatic rings. The largest absolute Gasteiger partial charge is 0.298 e. The highest BCUT2D eigenvalue weighted by Crippen LogP contribution is 2.19. The zero-order chi connectivity index (χ0) is 11.4. The number of hydrogen-bond donors (Lipinski definition) is 0. The van der Waals surface area contributed by atoms with Gasteiger partial charge in [-0.15, -0.1) is 0 Å². The Morgan fingerprint density at radius 3 is 2.33 bits per heavy atom. The average molecular weight is 132 g/mol. The third kappa shape index (κ3) is 1.68. The maximum atomic E-state index is 7.72. The topological polar surface area (TPSA) is 3.24 Å². The third-order valence-electron chi connectivity index (χ3n) is 1.29. The van der Waals surface area contributed by atoms with Crippen molar-refractivity contribution in [1.29, 1.82) is 0 Å². The molecule has 1 nitrogen and oxygen atoms in total. The van der Waals surface area contributed by atoms with Gasteiger partial charge in [0.2, 0.25) is 0 Å². The van der Waals surface area contributed by atoms with Gasteiger partial charge in [0.25, 0.3) is 0 Å². The minimum Gasteiger partial charge on any atom is -0.298 e. The molecule has 0 radical (unpaired) electrons. The molecule has 1 heterocycles. The maximum absolute atomic E-state index is 7.72. The molecular formula is C8H17N. The Morgan fingerprint density at radius 1 is 1.44 bits per heavy atom.